The van der Waals surface area contributed by atoms with Crippen molar-refractivity contribution < 1.29 is 22.3 Å². The molecule has 0 spiro atoms. The molecule has 8 nitrogen and oxygen atoms in total. The first kappa shape index (κ1) is 28.3. The minimum absolute atomic E-state index is 0.00845. The molecular weight excluding hydrogens is 547 g/mol. The maximum Gasteiger partial charge on any atom is 0.200 e. The molecule has 0 aliphatic heterocycles. The molecule has 0 unspecified atom stereocenters. The summed E-state index contributed by atoms with van der Waals surface area (Å²) in [6.45, 7) is 5.21. The van der Waals surface area contributed by atoms with E-state index in [2.05, 4.69) is 15.3 Å². The van der Waals surface area contributed by atoms with Gasteiger partial charge in [0.25, 0.3) is 0 Å². The first-order chi connectivity index (χ1) is 20.0. The summed E-state index contributed by atoms with van der Waals surface area (Å²) < 4.78 is 54.5. The molecule has 0 saturated carbocycles. The Morgan fingerprint density at radius 3 is 2.48 bits per heavy atom. The number of halogens is 3. The third-order valence-corrected chi connectivity index (χ3v) is 6.45. The standard InChI is InChI=1S/C31H26F3N5O3/c1-15(2)41-24-9-7-18(12-22(24)34)27(35)26-30(36)37-14-38-31(26)39-16(3)29-25(17-5-4-6-19(32)11-17)28(40)21-13-20(33)8-10-23(21)42-29/h4-16,35H,1-3H3,(H3,36,37,38,39)/t16-/m1/s1. The van der Waals surface area contributed by atoms with Crippen LogP contribution in [0, 0.1) is 22.9 Å². The van der Waals surface area contributed by atoms with Gasteiger partial charge in [-0.05, 0) is 74.9 Å². The van der Waals surface area contributed by atoms with E-state index in [-0.39, 0.29) is 68.2 Å². The minimum Gasteiger partial charge on any atom is -0.488 e. The number of nitrogens with one attached hydrogen (secondary N) is 2. The zero-order chi connectivity index (χ0) is 30.1. The fraction of sp³-hybridized carbons (Fsp3) is 0.161. The van der Waals surface area contributed by atoms with E-state index in [4.69, 9.17) is 20.3 Å². The summed E-state index contributed by atoms with van der Waals surface area (Å²) in [5.74, 6) is -1.64. The van der Waals surface area contributed by atoms with E-state index in [1.165, 1.54) is 42.7 Å². The van der Waals surface area contributed by atoms with Crippen LogP contribution >= 0.6 is 0 Å². The number of hydrogen-bond donors (Lipinski definition) is 3. The molecule has 4 N–H and O–H groups in total. The maximum atomic E-state index is 14.8. The smallest absolute Gasteiger partial charge is 0.200 e. The summed E-state index contributed by atoms with van der Waals surface area (Å²) in [5, 5.41) is 11.9. The Balaban J connectivity index is 1.59. The summed E-state index contributed by atoms with van der Waals surface area (Å²) in [7, 11) is 0. The highest BCUT2D eigenvalue weighted by molar-refractivity contribution is 6.16. The van der Waals surface area contributed by atoms with Crippen molar-refractivity contribution in [2.24, 2.45) is 0 Å². The molecular formula is C31H26F3N5O3. The number of benzene rings is 3. The van der Waals surface area contributed by atoms with Crippen molar-refractivity contribution in [2.45, 2.75) is 32.9 Å². The van der Waals surface area contributed by atoms with Crippen LogP contribution in [-0.4, -0.2) is 21.8 Å². The highest BCUT2D eigenvalue weighted by atomic mass is 19.1. The number of ether oxygens (including phenoxy) is 1. The average molecular weight is 574 g/mol. The summed E-state index contributed by atoms with van der Waals surface area (Å²) in [6, 6.07) is 12.3. The fourth-order valence-electron chi connectivity index (χ4n) is 4.58. The Labute approximate surface area is 238 Å². The van der Waals surface area contributed by atoms with E-state index in [9.17, 15) is 18.0 Å². The zero-order valence-corrected chi connectivity index (χ0v) is 22.8. The van der Waals surface area contributed by atoms with Gasteiger partial charge in [-0.2, -0.15) is 0 Å². The first-order valence-corrected chi connectivity index (χ1v) is 13.0. The lowest BCUT2D eigenvalue weighted by Gasteiger charge is -2.20. The molecule has 0 amide bonds. The molecule has 0 aliphatic carbocycles. The molecule has 11 heteroatoms. The van der Waals surface area contributed by atoms with E-state index in [1.807, 2.05) is 0 Å². The highest BCUT2D eigenvalue weighted by Crippen LogP contribution is 2.33. The minimum atomic E-state index is -0.801. The number of nitrogens with zero attached hydrogens (tertiary/aromatic N) is 2. The van der Waals surface area contributed by atoms with Gasteiger partial charge >= 0.3 is 0 Å². The molecule has 42 heavy (non-hydrogen) atoms. The van der Waals surface area contributed by atoms with Gasteiger partial charge in [-0.25, -0.2) is 23.1 Å². The normalized spacial score (nSPS) is 12.0. The van der Waals surface area contributed by atoms with E-state index >= 15 is 0 Å². The summed E-state index contributed by atoms with van der Waals surface area (Å²) in [4.78, 5) is 21.9. The molecule has 0 bridgehead atoms. The predicted molar refractivity (Wildman–Crippen MR) is 154 cm³/mol. The fourth-order valence-corrected chi connectivity index (χ4v) is 4.58. The van der Waals surface area contributed by atoms with Gasteiger partial charge in [-0.1, -0.05) is 12.1 Å². The third-order valence-electron chi connectivity index (χ3n) is 6.45. The van der Waals surface area contributed by atoms with E-state index in [0.717, 1.165) is 18.2 Å². The van der Waals surface area contributed by atoms with Gasteiger partial charge in [0.2, 0.25) is 5.43 Å². The molecule has 2 aromatic heterocycles. The molecule has 214 valence electrons. The van der Waals surface area contributed by atoms with Gasteiger partial charge < -0.3 is 20.2 Å². The number of nitrogens with two attached hydrogens (primary N) is 1. The second-order valence-corrected chi connectivity index (χ2v) is 9.86. The van der Waals surface area contributed by atoms with Crippen LogP contribution in [0.3, 0.4) is 0 Å². The summed E-state index contributed by atoms with van der Waals surface area (Å²) in [6.07, 6.45) is 0.945. The van der Waals surface area contributed by atoms with Crippen LogP contribution in [0.25, 0.3) is 22.1 Å². The number of nitrogen functional groups attached to an aromatic ring is 1. The highest BCUT2D eigenvalue weighted by Gasteiger charge is 2.25. The van der Waals surface area contributed by atoms with Gasteiger partial charge in [0.1, 0.15) is 40.9 Å². The number of anilines is 2. The van der Waals surface area contributed by atoms with Crippen LogP contribution in [0.5, 0.6) is 5.75 Å². The predicted octanol–water partition coefficient (Wildman–Crippen LogP) is 6.63. The molecule has 0 aliphatic rings. The van der Waals surface area contributed by atoms with Gasteiger partial charge in [-0.15, -0.1) is 0 Å². The lowest BCUT2D eigenvalue weighted by Crippen LogP contribution is -2.19. The molecule has 3 aromatic carbocycles. The molecule has 2 heterocycles. The lowest BCUT2D eigenvalue weighted by molar-refractivity contribution is 0.231. The van der Waals surface area contributed by atoms with Gasteiger partial charge in [0, 0.05) is 5.56 Å². The van der Waals surface area contributed by atoms with Crippen LogP contribution in [-0.2, 0) is 0 Å². The molecule has 0 radical (unpaired) electrons. The molecule has 0 saturated heterocycles. The van der Waals surface area contributed by atoms with Crippen molar-refractivity contribution in [1.29, 1.82) is 5.41 Å². The van der Waals surface area contributed by atoms with Crippen LogP contribution < -0.4 is 21.2 Å². The van der Waals surface area contributed by atoms with Gasteiger partial charge in [0.05, 0.1) is 34.4 Å². The number of hydrogen-bond acceptors (Lipinski definition) is 8. The number of rotatable bonds is 8. The quantitative estimate of drug-likeness (QED) is 0.178. The van der Waals surface area contributed by atoms with Crippen LogP contribution in [0.2, 0.25) is 0 Å². The summed E-state index contributed by atoms with van der Waals surface area (Å²) >= 11 is 0. The second-order valence-electron chi connectivity index (χ2n) is 9.86. The van der Waals surface area contributed by atoms with Gasteiger partial charge in [0.15, 0.2) is 11.6 Å². The molecule has 0 fully saturated rings. The Hall–Kier alpha value is -5.19. The van der Waals surface area contributed by atoms with Crippen molar-refractivity contribution in [1.82, 2.24) is 9.97 Å². The number of fused-ring (bicyclic) bond motifs is 1. The van der Waals surface area contributed by atoms with Crippen LogP contribution in [0.15, 0.2) is 76.2 Å². The topological polar surface area (TPSA) is 127 Å². The third kappa shape index (κ3) is 5.53. The maximum absolute atomic E-state index is 14.8. The molecule has 5 rings (SSSR count). The van der Waals surface area contributed by atoms with Crippen LogP contribution in [0.4, 0.5) is 24.8 Å². The zero-order valence-electron chi connectivity index (χ0n) is 22.8. The summed E-state index contributed by atoms with van der Waals surface area (Å²) in [5.41, 5.74) is 6.09. The second kappa shape index (κ2) is 11.4. The number of aromatic nitrogens is 2. The Bertz CT molecular complexity index is 1890. The Morgan fingerprint density at radius 1 is 1.00 bits per heavy atom. The molecule has 5 aromatic rings. The Morgan fingerprint density at radius 2 is 1.76 bits per heavy atom. The van der Waals surface area contributed by atoms with Crippen molar-refractivity contribution >= 4 is 28.3 Å². The first-order valence-electron chi connectivity index (χ1n) is 13.0. The average Bonchev–Trinajstić information content (AvgIpc) is 2.94. The van der Waals surface area contributed by atoms with Crippen molar-refractivity contribution in [2.75, 3.05) is 11.1 Å². The van der Waals surface area contributed by atoms with Crippen LogP contribution in [0.1, 0.15) is 43.7 Å². The van der Waals surface area contributed by atoms with Crippen molar-refractivity contribution in [3.63, 3.8) is 0 Å². The van der Waals surface area contributed by atoms with E-state index in [1.54, 1.807) is 26.8 Å². The van der Waals surface area contributed by atoms with Gasteiger partial charge in [-0.3, -0.25) is 10.2 Å². The van der Waals surface area contributed by atoms with E-state index < -0.39 is 28.9 Å². The van der Waals surface area contributed by atoms with Crippen molar-refractivity contribution in [3.05, 3.63) is 112 Å². The Kier molecular flexibility index (Phi) is 7.66. The van der Waals surface area contributed by atoms with E-state index in [0.29, 0.717) is 0 Å². The monoisotopic (exact) mass is 573 g/mol. The SMILES string of the molecule is CC(C)Oc1ccc(C(=N)c2c(N)ncnc2N[C@H](C)c2oc3ccc(F)cc3c(=O)c2-c2cccc(F)c2)cc1F. The van der Waals surface area contributed by atoms with Crippen molar-refractivity contribution in [3.8, 4) is 16.9 Å². The lowest BCUT2D eigenvalue weighted by atomic mass is 9.98. The molecule has 1 atom stereocenters. The largest absolute Gasteiger partial charge is 0.488 e.